The quantitative estimate of drug-likeness (QED) is 0.783. The van der Waals surface area contributed by atoms with Gasteiger partial charge in [0.2, 0.25) is 0 Å². The van der Waals surface area contributed by atoms with Gasteiger partial charge < -0.3 is 10.6 Å². The second-order valence-electron chi connectivity index (χ2n) is 3.80. The van der Waals surface area contributed by atoms with E-state index in [9.17, 15) is 4.79 Å². The van der Waals surface area contributed by atoms with Gasteiger partial charge in [0.25, 0.3) is 5.91 Å². The smallest absolute Gasteiger partial charge is 0.251 e. The number of thioether (sulfide) groups is 1. The normalized spacial score (nSPS) is 13.1. The van der Waals surface area contributed by atoms with Crippen molar-refractivity contribution in [2.45, 2.75) is 6.42 Å². The molecule has 16 heavy (non-hydrogen) atoms. The molecule has 0 unspecified atom stereocenters. The fourth-order valence-electron chi connectivity index (χ4n) is 1.81. The van der Waals surface area contributed by atoms with Crippen molar-refractivity contribution in [1.82, 2.24) is 5.32 Å². The molecule has 1 heterocycles. The van der Waals surface area contributed by atoms with Crippen LogP contribution in [0.25, 0.3) is 0 Å². The van der Waals surface area contributed by atoms with Gasteiger partial charge in [-0.3, -0.25) is 4.79 Å². The molecule has 2 rings (SSSR count). The highest BCUT2D eigenvalue weighted by Crippen LogP contribution is 2.22. The Morgan fingerprint density at radius 3 is 3.25 bits per heavy atom. The molecule has 1 aromatic carbocycles. The summed E-state index contributed by atoms with van der Waals surface area (Å²) in [6, 6.07) is 5.86. The predicted molar refractivity (Wildman–Crippen MR) is 69.4 cm³/mol. The highest BCUT2D eigenvalue weighted by molar-refractivity contribution is 7.98. The summed E-state index contributed by atoms with van der Waals surface area (Å²) in [6.45, 7) is 1.71. The highest BCUT2D eigenvalue weighted by Gasteiger charge is 2.12. The van der Waals surface area contributed by atoms with E-state index in [1.165, 1.54) is 11.3 Å². The Labute approximate surface area is 100.0 Å². The van der Waals surface area contributed by atoms with E-state index < -0.39 is 0 Å². The van der Waals surface area contributed by atoms with Gasteiger partial charge in [-0.15, -0.1) is 0 Å². The maximum atomic E-state index is 11.8. The van der Waals surface area contributed by atoms with Gasteiger partial charge in [-0.05, 0) is 36.4 Å². The van der Waals surface area contributed by atoms with Gasteiger partial charge in [0.05, 0.1) is 0 Å². The summed E-state index contributed by atoms with van der Waals surface area (Å²) < 4.78 is 0. The lowest BCUT2D eigenvalue weighted by atomic mass is 10.1. The minimum atomic E-state index is 0.0313. The summed E-state index contributed by atoms with van der Waals surface area (Å²) in [4.78, 5) is 11.8. The molecule has 2 N–H and O–H groups in total. The molecule has 0 radical (unpaired) electrons. The molecule has 0 aromatic heterocycles. The van der Waals surface area contributed by atoms with Crippen LogP contribution < -0.4 is 10.6 Å². The largest absolute Gasteiger partial charge is 0.384 e. The van der Waals surface area contributed by atoms with Crippen LogP contribution in [0.15, 0.2) is 18.2 Å². The Bertz CT molecular complexity index is 393. The fourth-order valence-corrected chi connectivity index (χ4v) is 2.12. The number of anilines is 1. The molecule has 4 heteroatoms. The van der Waals surface area contributed by atoms with E-state index in [-0.39, 0.29) is 5.91 Å². The molecule has 1 aliphatic rings. The predicted octanol–water partition coefficient (Wildman–Crippen LogP) is 1.75. The molecule has 1 amide bonds. The molecule has 0 saturated carbocycles. The zero-order valence-corrected chi connectivity index (χ0v) is 10.2. The molecule has 1 aliphatic heterocycles. The number of hydrogen-bond donors (Lipinski definition) is 2. The van der Waals surface area contributed by atoms with Gasteiger partial charge in [-0.1, -0.05) is 0 Å². The average Bonchev–Trinajstić information content (AvgIpc) is 2.76. The van der Waals surface area contributed by atoms with Gasteiger partial charge >= 0.3 is 0 Å². The van der Waals surface area contributed by atoms with Crippen LogP contribution >= 0.6 is 11.8 Å². The van der Waals surface area contributed by atoms with Crippen molar-refractivity contribution in [3.8, 4) is 0 Å². The van der Waals surface area contributed by atoms with Crippen molar-refractivity contribution in [3.05, 3.63) is 29.3 Å². The van der Waals surface area contributed by atoms with Gasteiger partial charge in [-0.25, -0.2) is 0 Å². The van der Waals surface area contributed by atoms with Gasteiger partial charge in [0.1, 0.15) is 0 Å². The van der Waals surface area contributed by atoms with Crippen LogP contribution in [0.3, 0.4) is 0 Å². The summed E-state index contributed by atoms with van der Waals surface area (Å²) in [7, 11) is 0. The molecular formula is C12H16N2OS. The Morgan fingerprint density at radius 1 is 1.56 bits per heavy atom. The fraction of sp³-hybridized carbons (Fsp3) is 0.417. The molecule has 86 valence electrons. The number of nitrogens with one attached hydrogen (secondary N) is 2. The van der Waals surface area contributed by atoms with Gasteiger partial charge in [0, 0.05) is 30.1 Å². The standard InChI is InChI=1S/C12H16N2OS/c1-16-7-6-14-12(15)10-2-3-11-9(8-10)4-5-13-11/h2-3,8,13H,4-7H2,1H3,(H,14,15). The Hall–Kier alpha value is -1.16. The number of rotatable bonds is 4. The first-order chi connectivity index (χ1) is 7.81. The molecule has 0 bridgehead atoms. The molecule has 1 aromatic rings. The lowest BCUT2D eigenvalue weighted by molar-refractivity contribution is 0.0956. The average molecular weight is 236 g/mol. The molecule has 0 saturated heterocycles. The topological polar surface area (TPSA) is 41.1 Å². The molecule has 0 aliphatic carbocycles. The maximum Gasteiger partial charge on any atom is 0.251 e. The minimum Gasteiger partial charge on any atom is -0.384 e. The van der Waals surface area contributed by atoms with E-state index >= 15 is 0 Å². The van der Waals surface area contributed by atoms with Crippen LogP contribution in [0.1, 0.15) is 15.9 Å². The first kappa shape index (κ1) is 11.3. The monoisotopic (exact) mass is 236 g/mol. The van der Waals surface area contributed by atoms with Crippen molar-refractivity contribution in [2.24, 2.45) is 0 Å². The number of fused-ring (bicyclic) bond motifs is 1. The molecule has 3 nitrogen and oxygen atoms in total. The first-order valence-electron chi connectivity index (χ1n) is 5.45. The third kappa shape index (κ3) is 2.50. The van der Waals surface area contributed by atoms with Crippen molar-refractivity contribution >= 4 is 23.4 Å². The number of carbonyl (C=O) groups excluding carboxylic acids is 1. The van der Waals surface area contributed by atoms with E-state index in [0.29, 0.717) is 0 Å². The SMILES string of the molecule is CSCCNC(=O)c1ccc2c(c1)CCN2. The molecule has 0 fully saturated rings. The Morgan fingerprint density at radius 2 is 2.44 bits per heavy atom. The zero-order chi connectivity index (χ0) is 11.4. The summed E-state index contributed by atoms with van der Waals surface area (Å²) in [5.41, 5.74) is 3.18. The zero-order valence-electron chi connectivity index (χ0n) is 9.38. The van der Waals surface area contributed by atoms with Crippen LogP contribution in [-0.4, -0.2) is 31.0 Å². The van der Waals surface area contributed by atoms with Gasteiger partial charge in [0.15, 0.2) is 0 Å². The number of carbonyl (C=O) groups is 1. The summed E-state index contributed by atoms with van der Waals surface area (Å²) in [6.07, 6.45) is 3.05. The molecule has 0 atom stereocenters. The summed E-state index contributed by atoms with van der Waals surface area (Å²) in [5, 5.41) is 6.19. The second kappa shape index (κ2) is 5.25. The maximum absolute atomic E-state index is 11.8. The highest BCUT2D eigenvalue weighted by atomic mass is 32.2. The number of hydrogen-bond acceptors (Lipinski definition) is 3. The van der Waals surface area contributed by atoms with Crippen LogP contribution in [-0.2, 0) is 6.42 Å². The second-order valence-corrected chi connectivity index (χ2v) is 4.78. The lowest BCUT2D eigenvalue weighted by Crippen LogP contribution is -2.25. The van der Waals surface area contributed by atoms with E-state index in [0.717, 1.165) is 30.8 Å². The van der Waals surface area contributed by atoms with Crippen molar-refractivity contribution in [3.63, 3.8) is 0 Å². The van der Waals surface area contributed by atoms with Crippen LogP contribution in [0.5, 0.6) is 0 Å². The lowest BCUT2D eigenvalue weighted by Gasteiger charge is -2.06. The van der Waals surface area contributed by atoms with E-state index in [1.807, 2.05) is 24.5 Å². The summed E-state index contributed by atoms with van der Waals surface area (Å²) >= 11 is 1.73. The third-order valence-corrected chi connectivity index (χ3v) is 3.28. The van der Waals surface area contributed by atoms with Crippen molar-refractivity contribution in [1.29, 1.82) is 0 Å². The minimum absolute atomic E-state index is 0.0313. The van der Waals surface area contributed by atoms with E-state index in [1.54, 1.807) is 11.8 Å². The van der Waals surface area contributed by atoms with Crippen molar-refractivity contribution < 1.29 is 4.79 Å². The number of amides is 1. The van der Waals surface area contributed by atoms with E-state index in [4.69, 9.17) is 0 Å². The van der Waals surface area contributed by atoms with Crippen LogP contribution in [0, 0.1) is 0 Å². The molecular weight excluding hydrogens is 220 g/mol. The summed E-state index contributed by atoms with van der Waals surface area (Å²) in [5.74, 6) is 0.988. The molecule has 0 spiro atoms. The van der Waals surface area contributed by atoms with Gasteiger partial charge in [-0.2, -0.15) is 11.8 Å². The van der Waals surface area contributed by atoms with Crippen LogP contribution in [0.2, 0.25) is 0 Å². The third-order valence-electron chi connectivity index (χ3n) is 2.67. The van der Waals surface area contributed by atoms with E-state index in [2.05, 4.69) is 10.6 Å². The number of benzene rings is 1. The Balaban J connectivity index is 2.01. The van der Waals surface area contributed by atoms with Crippen LogP contribution in [0.4, 0.5) is 5.69 Å². The van der Waals surface area contributed by atoms with Crippen molar-refractivity contribution in [2.75, 3.05) is 30.4 Å². The first-order valence-corrected chi connectivity index (χ1v) is 6.84. The Kier molecular flexibility index (Phi) is 3.72.